The number of aromatic nitrogens is 8. The molecule has 5 rings (SSSR count). The Hall–Kier alpha value is -3.92. The minimum absolute atomic E-state index is 0.156. The lowest BCUT2D eigenvalue weighted by atomic mass is 10.2. The fourth-order valence-corrected chi connectivity index (χ4v) is 3.19. The maximum atomic E-state index is 12.2. The first-order chi connectivity index (χ1) is 14.1. The first-order valence-corrected chi connectivity index (χ1v) is 8.89. The van der Waals surface area contributed by atoms with Crippen molar-refractivity contribution < 1.29 is 0 Å². The molecule has 1 aromatic carbocycles. The van der Waals surface area contributed by atoms with Crippen molar-refractivity contribution in [3.05, 3.63) is 64.6 Å². The molecular weight excluding hydrogens is 394 g/mol. The quantitative estimate of drug-likeness (QED) is 0.485. The summed E-state index contributed by atoms with van der Waals surface area (Å²) in [6.07, 6.45) is 7.60. The van der Waals surface area contributed by atoms with Gasteiger partial charge in [-0.15, -0.1) is 5.10 Å². The standard InChI is InChI=1S/C18H12ClN9O/c1-27-9-10(7-22-27)15-25-16-14-11(19)3-2-4-12(14)23-18(28(16)26-15)24-13-8-20-5-6-21-17(13)29/h2-9H,1H3,(H,21,23,24,29). The number of halogens is 1. The molecular formula is C18H12ClN9O. The van der Waals surface area contributed by atoms with Crippen molar-refractivity contribution in [2.75, 3.05) is 5.32 Å². The number of rotatable bonds is 3. The molecule has 0 fully saturated rings. The topological polar surface area (TPSA) is 116 Å². The minimum atomic E-state index is -0.476. The summed E-state index contributed by atoms with van der Waals surface area (Å²) in [5.74, 6) is 0.733. The van der Waals surface area contributed by atoms with E-state index in [1.54, 1.807) is 29.2 Å². The maximum absolute atomic E-state index is 12.2. The Morgan fingerprint density at radius 1 is 1.14 bits per heavy atom. The van der Waals surface area contributed by atoms with Crippen molar-refractivity contribution in [2.24, 2.45) is 7.05 Å². The zero-order valence-corrected chi connectivity index (χ0v) is 15.7. The summed E-state index contributed by atoms with van der Waals surface area (Å²) in [6.45, 7) is 0. The van der Waals surface area contributed by atoms with Gasteiger partial charge in [-0.1, -0.05) is 17.7 Å². The zero-order valence-electron chi connectivity index (χ0n) is 15.0. The second-order valence-corrected chi connectivity index (χ2v) is 6.60. The molecule has 0 spiro atoms. The molecule has 10 nitrogen and oxygen atoms in total. The molecule has 4 aromatic heterocycles. The summed E-state index contributed by atoms with van der Waals surface area (Å²) in [6, 6.07) is 5.36. The summed E-state index contributed by atoms with van der Waals surface area (Å²) in [5, 5.41) is 12.8. The highest BCUT2D eigenvalue weighted by Gasteiger charge is 2.18. The van der Waals surface area contributed by atoms with Gasteiger partial charge in [0.25, 0.3) is 5.56 Å². The summed E-state index contributed by atoms with van der Waals surface area (Å²) in [7, 11) is 1.81. The van der Waals surface area contributed by atoms with Crippen LogP contribution in [0.2, 0.25) is 5.02 Å². The molecule has 4 heterocycles. The monoisotopic (exact) mass is 405 g/mol. The average molecular weight is 406 g/mol. The highest BCUT2D eigenvalue weighted by Crippen LogP contribution is 2.29. The van der Waals surface area contributed by atoms with Crippen molar-refractivity contribution in [3.8, 4) is 11.4 Å². The molecule has 142 valence electrons. The molecule has 0 aliphatic heterocycles. The molecule has 0 amide bonds. The summed E-state index contributed by atoms with van der Waals surface area (Å²) in [5.41, 5.74) is 1.52. The maximum Gasteiger partial charge on any atom is 0.295 e. The van der Waals surface area contributed by atoms with E-state index in [1.165, 1.54) is 23.1 Å². The largest absolute Gasteiger partial charge is 0.318 e. The molecule has 29 heavy (non-hydrogen) atoms. The number of nitrogens with zero attached hydrogens (tertiary/aromatic N) is 8. The van der Waals surface area contributed by atoms with Gasteiger partial charge in [0.1, 0.15) is 5.69 Å². The normalized spacial score (nSPS) is 11.2. The molecule has 0 unspecified atom stereocenters. The van der Waals surface area contributed by atoms with Gasteiger partial charge in [0.2, 0.25) is 5.95 Å². The SMILES string of the molecule is Cn1cc(-c2nc3c4c(Cl)cccc4nc(Nc4cnccnc4=O)n3n2)cn1. The van der Waals surface area contributed by atoms with E-state index in [4.69, 9.17) is 11.6 Å². The number of nitrogens with one attached hydrogen (secondary N) is 1. The van der Waals surface area contributed by atoms with Crippen molar-refractivity contribution in [1.82, 2.24) is 39.3 Å². The van der Waals surface area contributed by atoms with Gasteiger partial charge >= 0.3 is 0 Å². The number of anilines is 2. The van der Waals surface area contributed by atoms with Crippen molar-refractivity contribution in [1.29, 1.82) is 0 Å². The Labute approximate surface area is 167 Å². The first-order valence-electron chi connectivity index (χ1n) is 8.51. The number of hydrogen-bond acceptors (Lipinski definition) is 8. The van der Waals surface area contributed by atoms with Gasteiger partial charge in [0.05, 0.1) is 33.9 Å². The Kier molecular flexibility index (Phi) is 3.91. The lowest BCUT2D eigenvalue weighted by Gasteiger charge is -2.08. The average Bonchev–Trinajstić information content (AvgIpc) is 3.28. The van der Waals surface area contributed by atoms with E-state index in [-0.39, 0.29) is 11.6 Å². The van der Waals surface area contributed by atoms with Crippen molar-refractivity contribution in [3.63, 3.8) is 0 Å². The molecule has 11 heteroatoms. The van der Waals surface area contributed by atoms with Crippen LogP contribution in [0.1, 0.15) is 0 Å². The van der Waals surface area contributed by atoms with Crippen molar-refractivity contribution in [2.45, 2.75) is 0 Å². The third-order valence-corrected chi connectivity index (χ3v) is 4.55. The highest BCUT2D eigenvalue weighted by molar-refractivity contribution is 6.36. The molecule has 5 aromatic rings. The fourth-order valence-electron chi connectivity index (χ4n) is 2.94. The van der Waals surface area contributed by atoms with Crippen LogP contribution in [-0.4, -0.2) is 39.3 Å². The van der Waals surface area contributed by atoms with Gasteiger partial charge < -0.3 is 5.32 Å². The minimum Gasteiger partial charge on any atom is -0.318 e. The lowest BCUT2D eigenvalue weighted by Crippen LogP contribution is -2.11. The van der Waals surface area contributed by atoms with Crippen LogP contribution in [0, 0.1) is 0 Å². The van der Waals surface area contributed by atoms with Crippen LogP contribution in [0.25, 0.3) is 27.9 Å². The first kappa shape index (κ1) is 17.2. The van der Waals surface area contributed by atoms with Crippen LogP contribution in [0.3, 0.4) is 0 Å². The smallest absolute Gasteiger partial charge is 0.295 e. The summed E-state index contributed by atoms with van der Waals surface area (Å²) in [4.78, 5) is 29.2. The van der Waals surface area contributed by atoms with Crippen LogP contribution in [-0.2, 0) is 7.05 Å². The Morgan fingerprint density at radius 2 is 2.03 bits per heavy atom. The Balaban J connectivity index is 1.79. The molecule has 0 aliphatic carbocycles. The molecule has 0 saturated heterocycles. The number of fused-ring (bicyclic) bond motifs is 3. The second-order valence-electron chi connectivity index (χ2n) is 6.19. The molecule has 1 N–H and O–H groups in total. The molecule has 0 atom stereocenters. The highest BCUT2D eigenvalue weighted by atomic mass is 35.5. The molecule has 0 bridgehead atoms. The third-order valence-electron chi connectivity index (χ3n) is 4.24. The predicted octanol–water partition coefficient (Wildman–Crippen LogP) is 2.23. The Morgan fingerprint density at radius 3 is 2.86 bits per heavy atom. The Bertz CT molecular complexity index is 1440. The van der Waals surface area contributed by atoms with E-state index < -0.39 is 5.56 Å². The summed E-state index contributed by atoms with van der Waals surface area (Å²) >= 11 is 6.42. The lowest BCUT2D eigenvalue weighted by molar-refractivity contribution is 0.768. The summed E-state index contributed by atoms with van der Waals surface area (Å²) < 4.78 is 3.16. The van der Waals surface area contributed by atoms with Crippen LogP contribution >= 0.6 is 11.6 Å². The number of hydrogen-bond donors (Lipinski definition) is 1. The van der Waals surface area contributed by atoms with E-state index >= 15 is 0 Å². The van der Waals surface area contributed by atoms with Gasteiger partial charge in [0.15, 0.2) is 11.5 Å². The molecule has 0 aliphatic rings. The number of aryl methyl sites for hydroxylation is 1. The van der Waals surface area contributed by atoms with Crippen molar-refractivity contribution >= 4 is 39.8 Å². The zero-order chi connectivity index (χ0) is 20.0. The van der Waals surface area contributed by atoms with Gasteiger partial charge in [-0.05, 0) is 12.1 Å². The van der Waals surface area contributed by atoms with Gasteiger partial charge in [0, 0.05) is 25.6 Å². The molecule has 0 saturated carbocycles. The number of benzene rings is 1. The van der Waals surface area contributed by atoms with E-state index in [0.29, 0.717) is 27.4 Å². The third kappa shape index (κ3) is 2.95. The predicted molar refractivity (Wildman–Crippen MR) is 107 cm³/mol. The van der Waals surface area contributed by atoms with Gasteiger partial charge in [-0.3, -0.25) is 14.5 Å². The fraction of sp³-hybridized carbons (Fsp3) is 0.0556. The van der Waals surface area contributed by atoms with Crippen LogP contribution in [0.4, 0.5) is 11.6 Å². The van der Waals surface area contributed by atoms with E-state index in [2.05, 4.69) is 35.5 Å². The van der Waals surface area contributed by atoms with Crippen LogP contribution in [0.5, 0.6) is 0 Å². The van der Waals surface area contributed by atoms with Gasteiger partial charge in [-0.2, -0.15) is 9.61 Å². The van der Waals surface area contributed by atoms with E-state index in [1.807, 2.05) is 13.1 Å². The van der Waals surface area contributed by atoms with Crippen LogP contribution < -0.4 is 10.9 Å². The molecule has 0 radical (unpaired) electrons. The van der Waals surface area contributed by atoms with Crippen LogP contribution in [0.15, 0.2) is 54.0 Å². The second kappa shape index (κ2) is 6.60. The van der Waals surface area contributed by atoms with Gasteiger partial charge in [-0.25, -0.2) is 15.0 Å². The van der Waals surface area contributed by atoms with E-state index in [9.17, 15) is 4.79 Å². The van der Waals surface area contributed by atoms with E-state index in [0.717, 1.165) is 5.56 Å².